The molecule has 0 aliphatic carbocycles. The molecule has 0 aromatic carbocycles. The molecule has 0 bridgehead atoms. The lowest BCUT2D eigenvalue weighted by molar-refractivity contribution is 0.733. The summed E-state index contributed by atoms with van der Waals surface area (Å²) in [6.45, 7) is 1.99. The fourth-order valence-electron chi connectivity index (χ4n) is 1.47. The van der Waals surface area contributed by atoms with E-state index in [2.05, 4.69) is 15.1 Å². The van der Waals surface area contributed by atoms with Crippen molar-refractivity contribution in [3.05, 3.63) is 41.7 Å². The van der Waals surface area contributed by atoms with Gasteiger partial charge in [0.25, 0.3) is 0 Å². The Balaban J connectivity index is 2.37. The van der Waals surface area contributed by atoms with Crippen molar-refractivity contribution in [2.75, 3.05) is 0 Å². The summed E-state index contributed by atoms with van der Waals surface area (Å²) < 4.78 is 1.80. The summed E-state index contributed by atoms with van der Waals surface area (Å²) in [5.74, 6) is 0. The van der Waals surface area contributed by atoms with Gasteiger partial charge in [-0.15, -0.1) is 0 Å². The molecule has 2 rings (SSSR count). The van der Waals surface area contributed by atoms with Crippen LogP contribution in [0.4, 0.5) is 0 Å². The molecule has 2 N–H and O–H groups in total. The predicted molar refractivity (Wildman–Crippen MR) is 56.0 cm³/mol. The Labute approximate surface area is 88.0 Å². The standard InChI is InChI=1S/C10H13N5/c1-7-9(5-14-15(7)2)10(11)8-3-12-6-13-4-8/h3-6,10H,11H2,1-2H3. The number of rotatable bonds is 2. The van der Waals surface area contributed by atoms with Gasteiger partial charge in [0, 0.05) is 36.3 Å². The zero-order chi connectivity index (χ0) is 10.8. The zero-order valence-electron chi connectivity index (χ0n) is 8.75. The zero-order valence-corrected chi connectivity index (χ0v) is 8.75. The third-order valence-corrected chi connectivity index (χ3v) is 2.55. The van der Waals surface area contributed by atoms with E-state index in [0.717, 1.165) is 16.8 Å². The van der Waals surface area contributed by atoms with Crippen LogP contribution in [0.25, 0.3) is 0 Å². The average molecular weight is 203 g/mol. The molecule has 2 heterocycles. The third kappa shape index (κ3) is 1.73. The summed E-state index contributed by atoms with van der Waals surface area (Å²) in [6.07, 6.45) is 6.73. The number of aryl methyl sites for hydroxylation is 1. The summed E-state index contributed by atoms with van der Waals surface area (Å²) in [7, 11) is 1.90. The van der Waals surface area contributed by atoms with E-state index >= 15 is 0 Å². The smallest absolute Gasteiger partial charge is 0.115 e. The lowest BCUT2D eigenvalue weighted by atomic mass is 10.0. The van der Waals surface area contributed by atoms with Crippen LogP contribution in [0.2, 0.25) is 0 Å². The minimum absolute atomic E-state index is 0.208. The van der Waals surface area contributed by atoms with Crippen molar-refractivity contribution in [3.63, 3.8) is 0 Å². The Morgan fingerprint density at radius 3 is 2.47 bits per heavy atom. The van der Waals surface area contributed by atoms with Gasteiger partial charge in [-0.2, -0.15) is 5.10 Å². The lowest BCUT2D eigenvalue weighted by Crippen LogP contribution is -2.13. The van der Waals surface area contributed by atoms with Gasteiger partial charge in [-0.25, -0.2) is 9.97 Å². The number of hydrogen-bond acceptors (Lipinski definition) is 4. The van der Waals surface area contributed by atoms with Gasteiger partial charge in [0.1, 0.15) is 6.33 Å². The second-order valence-electron chi connectivity index (χ2n) is 3.46. The number of nitrogens with zero attached hydrogens (tertiary/aromatic N) is 4. The van der Waals surface area contributed by atoms with Crippen molar-refractivity contribution < 1.29 is 0 Å². The van der Waals surface area contributed by atoms with Crippen molar-refractivity contribution in [1.29, 1.82) is 0 Å². The van der Waals surface area contributed by atoms with E-state index in [0.29, 0.717) is 0 Å². The van der Waals surface area contributed by atoms with Crippen molar-refractivity contribution >= 4 is 0 Å². The maximum absolute atomic E-state index is 6.10. The summed E-state index contributed by atoms with van der Waals surface area (Å²) in [5, 5.41) is 4.16. The quantitative estimate of drug-likeness (QED) is 0.774. The maximum atomic E-state index is 6.10. The molecule has 78 valence electrons. The first kappa shape index (κ1) is 9.79. The van der Waals surface area contributed by atoms with Gasteiger partial charge >= 0.3 is 0 Å². The molecular formula is C10H13N5. The van der Waals surface area contributed by atoms with Crippen LogP contribution in [0.3, 0.4) is 0 Å². The van der Waals surface area contributed by atoms with Crippen LogP contribution in [-0.4, -0.2) is 19.7 Å². The van der Waals surface area contributed by atoms with Gasteiger partial charge in [-0.1, -0.05) is 0 Å². The Morgan fingerprint density at radius 2 is 1.93 bits per heavy atom. The monoisotopic (exact) mass is 203 g/mol. The van der Waals surface area contributed by atoms with E-state index in [4.69, 9.17) is 5.73 Å². The lowest BCUT2D eigenvalue weighted by Gasteiger charge is -2.10. The molecule has 5 heteroatoms. The highest BCUT2D eigenvalue weighted by molar-refractivity contribution is 5.29. The number of hydrogen-bond donors (Lipinski definition) is 1. The van der Waals surface area contributed by atoms with Crippen LogP contribution in [-0.2, 0) is 7.05 Å². The summed E-state index contributed by atoms with van der Waals surface area (Å²) in [5.41, 5.74) is 9.06. The Bertz CT molecular complexity index is 448. The summed E-state index contributed by atoms with van der Waals surface area (Å²) in [6, 6.07) is -0.208. The molecule has 1 atom stereocenters. The van der Waals surface area contributed by atoms with Crippen molar-refractivity contribution in [2.45, 2.75) is 13.0 Å². The third-order valence-electron chi connectivity index (χ3n) is 2.55. The number of nitrogens with two attached hydrogens (primary N) is 1. The van der Waals surface area contributed by atoms with Crippen LogP contribution in [0.5, 0.6) is 0 Å². The molecule has 5 nitrogen and oxygen atoms in total. The number of aromatic nitrogens is 4. The minimum Gasteiger partial charge on any atom is -0.320 e. The van der Waals surface area contributed by atoms with E-state index in [9.17, 15) is 0 Å². The van der Waals surface area contributed by atoms with Crippen LogP contribution in [0, 0.1) is 6.92 Å². The van der Waals surface area contributed by atoms with Crippen LogP contribution < -0.4 is 5.73 Å². The van der Waals surface area contributed by atoms with Crippen LogP contribution >= 0.6 is 0 Å². The van der Waals surface area contributed by atoms with E-state index in [-0.39, 0.29) is 6.04 Å². The first-order valence-electron chi connectivity index (χ1n) is 4.69. The molecule has 0 fully saturated rings. The van der Waals surface area contributed by atoms with Gasteiger partial charge in [0.2, 0.25) is 0 Å². The molecular weight excluding hydrogens is 190 g/mol. The van der Waals surface area contributed by atoms with Crippen molar-refractivity contribution in [3.8, 4) is 0 Å². The second-order valence-corrected chi connectivity index (χ2v) is 3.46. The van der Waals surface area contributed by atoms with Gasteiger partial charge in [-0.3, -0.25) is 4.68 Å². The fraction of sp³-hybridized carbons (Fsp3) is 0.300. The topological polar surface area (TPSA) is 69.6 Å². The molecule has 0 radical (unpaired) electrons. The van der Waals surface area contributed by atoms with Crippen molar-refractivity contribution in [1.82, 2.24) is 19.7 Å². The predicted octanol–water partition coefficient (Wildman–Crippen LogP) is 0.567. The largest absolute Gasteiger partial charge is 0.320 e. The Kier molecular flexibility index (Phi) is 2.47. The molecule has 0 aliphatic heterocycles. The molecule has 15 heavy (non-hydrogen) atoms. The first-order valence-corrected chi connectivity index (χ1v) is 4.69. The van der Waals surface area contributed by atoms with E-state index in [1.54, 1.807) is 23.3 Å². The fourth-order valence-corrected chi connectivity index (χ4v) is 1.47. The summed E-state index contributed by atoms with van der Waals surface area (Å²) in [4.78, 5) is 7.90. The van der Waals surface area contributed by atoms with Gasteiger partial charge < -0.3 is 5.73 Å². The molecule has 0 amide bonds. The Morgan fingerprint density at radius 1 is 1.27 bits per heavy atom. The van der Waals surface area contributed by atoms with Gasteiger partial charge in [-0.05, 0) is 6.92 Å². The molecule has 0 saturated carbocycles. The molecule has 0 spiro atoms. The Hall–Kier alpha value is -1.75. The minimum atomic E-state index is -0.208. The normalized spacial score (nSPS) is 12.7. The molecule has 2 aromatic heterocycles. The van der Waals surface area contributed by atoms with Crippen LogP contribution in [0.1, 0.15) is 22.9 Å². The maximum Gasteiger partial charge on any atom is 0.115 e. The SMILES string of the molecule is Cc1c(C(N)c2cncnc2)cnn1C. The molecule has 0 aliphatic rings. The van der Waals surface area contributed by atoms with Crippen LogP contribution in [0.15, 0.2) is 24.9 Å². The van der Waals surface area contributed by atoms with E-state index < -0.39 is 0 Å². The highest BCUT2D eigenvalue weighted by Gasteiger charge is 2.14. The highest BCUT2D eigenvalue weighted by Crippen LogP contribution is 2.20. The second kappa shape index (κ2) is 3.78. The first-order chi connectivity index (χ1) is 7.20. The highest BCUT2D eigenvalue weighted by atomic mass is 15.3. The molecule has 2 aromatic rings. The average Bonchev–Trinajstić information content (AvgIpc) is 2.60. The molecule has 0 saturated heterocycles. The van der Waals surface area contributed by atoms with Crippen molar-refractivity contribution in [2.24, 2.45) is 12.8 Å². The van der Waals surface area contributed by atoms with E-state index in [1.807, 2.05) is 14.0 Å². The van der Waals surface area contributed by atoms with Gasteiger partial charge in [0.05, 0.1) is 12.2 Å². The van der Waals surface area contributed by atoms with Gasteiger partial charge in [0.15, 0.2) is 0 Å². The van der Waals surface area contributed by atoms with E-state index in [1.165, 1.54) is 6.33 Å². The molecule has 1 unspecified atom stereocenters. The summed E-state index contributed by atoms with van der Waals surface area (Å²) >= 11 is 0.